The van der Waals surface area contributed by atoms with Gasteiger partial charge in [0.05, 0.1) is 12.0 Å². The van der Waals surface area contributed by atoms with E-state index in [1.54, 1.807) is 0 Å². The van der Waals surface area contributed by atoms with Crippen molar-refractivity contribution in [3.05, 3.63) is 47.7 Å². The van der Waals surface area contributed by atoms with E-state index in [1.165, 1.54) is 0 Å². The van der Waals surface area contributed by atoms with Crippen molar-refractivity contribution >= 4 is 22.8 Å². The van der Waals surface area contributed by atoms with Gasteiger partial charge in [0, 0.05) is 5.70 Å². The summed E-state index contributed by atoms with van der Waals surface area (Å²) in [5, 5.41) is 2.27. The molecule has 0 atom stereocenters. The Morgan fingerprint density at radius 2 is 1.96 bits per heavy atom. The molecule has 3 rings (SSSR count). The van der Waals surface area contributed by atoms with Gasteiger partial charge in [-0.1, -0.05) is 31.2 Å². The smallest absolute Gasteiger partial charge is 0.249 e. The molecular weight excluding hydrogens is 288 g/mol. The third kappa shape index (κ3) is 2.89. The van der Waals surface area contributed by atoms with Gasteiger partial charge in [0.25, 0.3) is 0 Å². The van der Waals surface area contributed by atoms with Crippen LogP contribution in [0.4, 0.5) is 0 Å². The number of hydrogen-bond donors (Lipinski definition) is 2. The Hall–Kier alpha value is -2.49. The number of carbonyl (C=O) groups is 1. The van der Waals surface area contributed by atoms with Crippen LogP contribution in [0.1, 0.15) is 32.8 Å². The van der Waals surface area contributed by atoms with Gasteiger partial charge in [-0.25, -0.2) is 0 Å². The summed E-state index contributed by atoms with van der Waals surface area (Å²) >= 11 is 0. The zero-order chi connectivity index (χ0) is 16.4. The molecule has 2 aromatic rings. The summed E-state index contributed by atoms with van der Waals surface area (Å²) in [6.45, 7) is 6.60. The summed E-state index contributed by atoms with van der Waals surface area (Å²) in [7, 11) is 0. The largest absolute Gasteiger partial charge is 0.494 e. The molecule has 0 bridgehead atoms. The minimum atomic E-state index is -0.568. The molecule has 1 heterocycles. The third-order valence-electron chi connectivity index (χ3n) is 4.19. The number of hydrazine groups is 1. The lowest BCUT2D eigenvalue weighted by molar-refractivity contribution is -0.125. The molecule has 0 saturated carbocycles. The van der Waals surface area contributed by atoms with Crippen LogP contribution in [0.3, 0.4) is 0 Å². The van der Waals surface area contributed by atoms with E-state index < -0.39 is 5.41 Å². The monoisotopic (exact) mass is 310 g/mol. The molecule has 1 saturated heterocycles. The number of amides is 1. The maximum absolute atomic E-state index is 11.9. The first-order chi connectivity index (χ1) is 11.0. The topological polar surface area (TPSA) is 50.4 Å². The second kappa shape index (κ2) is 5.95. The van der Waals surface area contributed by atoms with E-state index in [4.69, 9.17) is 4.74 Å². The minimum absolute atomic E-state index is 0.0218. The predicted octanol–water partition coefficient (Wildman–Crippen LogP) is 3.63. The van der Waals surface area contributed by atoms with Gasteiger partial charge < -0.3 is 10.2 Å². The Kier molecular flexibility index (Phi) is 3.99. The highest BCUT2D eigenvalue weighted by molar-refractivity contribution is 5.94. The van der Waals surface area contributed by atoms with E-state index >= 15 is 0 Å². The minimum Gasteiger partial charge on any atom is -0.494 e. The van der Waals surface area contributed by atoms with E-state index in [9.17, 15) is 4.79 Å². The van der Waals surface area contributed by atoms with E-state index in [-0.39, 0.29) is 5.91 Å². The first kappa shape index (κ1) is 15.4. The Bertz CT molecular complexity index is 778. The van der Waals surface area contributed by atoms with Crippen LogP contribution in [-0.4, -0.2) is 12.5 Å². The summed E-state index contributed by atoms with van der Waals surface area (Å²) < 4.78 is 5.81. The molecular formula is C19H22N2O2. The van der Waals surface area contributed by atoms with Gasteiger partial charge in [-0.2, -0.15) is 0 Å². The molecule has 1 amide bonds. The molecule has 0 aromatic heterocycles. The number of ether oxygens (including phenoxy) is 1. The molecule has 0 radical (unpaired) electrons. The average Bonchev–Trinajstić information content (AvgIpc) is 2.79. The molecule has 4 nitrogen and oxygen atoms in total. The van der Waals surface area contributed by atoms with Crippen LogP contribution >= 0.6 is 0 Å². The molecule has 1 aliphatic rings. The number of benzene rings is 2. The maximum Gasteiger partial charge on any atom is 0.249 e. The number of carbonyl (C=O) groups excluding carboxylic acids is 1. The molecule has 0 spiro atoms. The van der Waals surface area contributed by atoms with Crippen LogP contribution < -0.4 is 15.6 Å². The fraction of sp³-hybridized carbons (Fsp3) is 0.316. The van der Waals surface area contributed by atoms with Crippen molar-refractivity contribution in [2.75, 3.05) is 6.61 Å². The van der Waals surface area contributed by atoms with Gasteiger partial charge >= 0.3 is 0 Å². The third-order valence-corrected chi connectivity index (χ3v) is 4.19. The van der Waals surface area contributed by atoms with Gasteiger partial charge in [0.15, 0.2) is 0 Å². The van der Waals surface area contributed by atoms with Crippen LogP contribution in [0.2, 0.25) is 0 Å². The molecule has 2 N–H and O–H groups in total. The van der Waals surface area contributed by atoms with Gasteiger partial charge in [0.1, 0.15) is 5.75 Å². The van der Waals surface area contributed by atoms with Crippen LogP contribution in [-0.2, 0) is 4.79 Å². The Morgan fingerprint density at radius 1 is 1.17 bits per heavy atom. The predicted molar refractivity (Wildman–Crippen MR) is 92.8 cm³/mol. The van der Waals surface area contributed by atoms with E-state index in [0.29, 0.717) is 6.61 Å². The molecule has 4 heteroatoms. The standard InChI is InChI=1S/C19H22N2O2/c1-4-9-23-15-10-13-7-5-6-8-16(13)14(11-15)12-17-19(2,3)18(22)21-20-17/h5-8,10-12,20H,4,9H2,1-3H3,(H,21,22)/b17-12-. The van der Waals surface area contributed by atoms with Crippen molar-refractivity contribution in [2.24, 2.45) is 5.41 Å². The molecule has 1 aliphatic heterocycles. The van der Waals surface area contributed by atoms with Crippen LogP contribution in [0.25, 0.3) is 16.8 Å². The number of fused-ring (bicyclic) bond motifs is 1. The number of rotatable bonds is 4. The number of hydrogen-bond acceptors (Lipinski definition) is 3. The number of nitrogens with one attached hydrogen (secondary N) is 2. The second-order valence-corrected chi connectivity index (χ2v) is 6.34. The first-order valence-corrected chi connectivity index (χ1v) is 7.96. The van der Waals surface area contributed by atoms with Crippen molar-refractivity contribution in [3.63, 3.8) is 0 Å². The summed E-state index contributed by atoms with van der Waals surface area (Å²) in [5.74, 6) is 0.832. The summed E-state index contributed by atoms with van der Waals surface area (Å²) in [6, 6.07) is 12.3. The lowest BCUT2D eigenvalue weighted by atomic mass is 9.88. The zero-order valence-corrected chi connectivity index (χ0v) is 13.8. The summed E-state index contributed by atoms with van der Waals surface area (Å²) in [4.78, 5) is 11.9. The van der Waals surface area contributed by atoms with Crippen LogP contribution in [0.5, 0.6) is 5.75 Å². The summed E-state index contributed by atoms with van der Waals surface area (Å²) in [5.41, 5.74) is 7.02. The average molecular weight is 310 g/mol. The zero-order valence-electron chi connectivity index (χ0n) is 13.8. The highest BCUT2D eigenvalue weighted by atomic mass is 16.5. The van der Waals surface area contributed by atoms with E-state index in [0.717, 1.165) is 34.2 Å². The van der Waals surface area contributed by atoms with Crippen molar-refractivity contribution in [2.45, 2.75) is 27.2 Å². The quantitative estimate of drug-likeness (QED) is 0.906. The van der Waals surface area contributed by atoms with Crippen LogP contribution in [0, 0.1) is 5.41 Å². The molecule has 2 aromatic carbocycles. The van der Waals surface area contributed by atoms with Gasteiger partial charge in [-0.15, -0.1) is 0 Å². The van der Waals surface area contributed by atoms with Crippen molar-refractivity contribution in [3.8, 4) is 5.75 Å². The highest BCUT2D eigenvalue weighted by Crippen LogP contribution is 2.33. The van der Waals surface area contributed by atoms with Gasteiger partial charge in [-0.3, -0.25) is 10.2 Å². The molecule has 23 heavy (non-hydrogen) atoms. The van der Waals surface area contributed by atoms with E-state index in [2.05, 4.69) is 36.0 Å². The molecule has 1 fully saturated rings. The lowest BCUT2D eigenvalue weighted by Crippen LogP contribution is -2.28. The second-order valence-electron chi connectivity index (χ2n) is 6.34. The SMILES string of the molecule is CCCOc1cc(/C=C2\NNC(=O)C2(C)C)c2ccccc2c1. The molecule has 0 aliphatic carbocycles. The van der Waals surface area contributed by atoms with Gasteiger partial charge in [-0.05, 0) is 54.8 Å². The van der Waals surface area contributed by atoms with Gasteiger partial charge in [0.2, 0.25) is 5.91 Å². The highest BCUT2D eigenvalue weighted by Gasteiger charge is 2.37. The van der Waals surface area contributed by atoms with Crippen molar-refractivity contribution in [1.29, 1.82) is 0 Å². The maximum atomic E-state index is 11.9. The fourth-order valence-corrected chi connectivity index (χ4v) is 2.67. The first-order valence-electron chi connectivity index (χ1n) is 7.96. The Morgan fingerprint density at radius 3 is 2.65 bits per heavy atom. The van der Waals surface area contributed by atoms with E-state index in [1.807, 2.05) is 38.1 Å². The van der Waals surface area contributed by atoms with Crippen molar-refractivity contribution < 1.29 is 9.53 Å². The Labute approximate surface area is 136 Å². The normalized spacial score (nSPS) is 18.0. The van der Waals surface area contributed by atoms with Crippen molar-refractivity contribution in [1.82, 2.24) is 10.9 Å². The molecule has 120 valence electrons. The Balaban J connectivity index is 2.10. The van der Waals surface area contributed by atoms with Crippen LogP contribution in [0.15, 0.2) is 42.1 Å². The molecule has 0 unspecified atom stereocenters. The lowest BCUT2D eigenvalue weighted by Gasteiger charge is -2.15. The summed E-state index contributed by atoms with van der Waals surface area (Å²) in [6.07, 6.45) is 3.00. The fourth-order valence-electron chi connectivity index (χ4n) is 2.67.